The van der Waals surface area contributed by atoms with Crippen molar-refractivity contribution in [3.8, 4) is 0 Å². The zero-order chi connectivity index (χ0) is 16.9. The van der Waals surface area contributed by atoms with Gasteiger partial charge in [-0.25, -0.2) is 4.79 Å². The maximum atomic E-state index is 12.6. The highest BCUT2D eigenvalue weighted by Gasteiger charge is 2.39. The molecule has 2 heterocycles. The van der Waals surface area contributed by atoms with Gasteiger partial charge < -0.3 is 20.1 Å². The fourth-order valence-corrected chi connectivity index (χ4v) is 3.23. The van der Waals surface area contributed by atoms with Crippen LogP contribution in [0.2, 0.25) is 0 Å². The standard InChI is InChI=1S/C18H23N3O3/c1-13-17(18(23)24-11-14-5-3-2-4-6-14)15-7-8-16(19-9-10-22)21(15)12-20-13/h2-6,15,20,22H,7-12H2,1H3/t15-/m0/s1. The van der Waals surface area contributed by atoms with E-state index in [2.05, 4.69) is 15.2 Å². The Balaban J connectivity index is 1.70. The smallest absolute Gasteiger partial charge is 0.338 e. The van der Waals surface area contributed by atoms with E-state index < -0.39 is 0 Å². The topological polar surface area (TPSA) is 74.2 Å². The molecule has 1 aromatic rings. The molecule has 1 aromatic carbocycles. The molecule has 0 aromatic heterocycles. The minimum Gasteiger partial charge on any atom is -0.457 e. The molecule has 0 amide bonds. The molecule has 2 N–H and O–H groups in total. The van der Waals surface area contributed by atoms with Crippen LogP contribution in [0.1, 0.15) is 25.3 Å². The number of carbonyl (C=O) groups is 1. The zero-order valence-corrected chi connectivity index (χ0v) is 13.9. The third kappa shape index (κ3) is 3.43. The van der Waals surface area contributed by atoms with Gasteiger partial charge in [-0.1, -0.05) is 30.3 Å². The van der Waals surface area contributed by atoms with Crippen LogP contribution in [0.3, 0.4) is 0 Å². The average molecular weight is 329 g/mol. The number of aliphatic hydroxyl groups excluding tert-OH is 1. The number of benzene rings is 1. The summed E-state index contributed by atoms with van der Waals surface area (Å²) in [6.07, 6.45) is 1.66. The lowest BCUT2D eigenvalue weighted by atomic mass is 10.0. The maximum absolute atomic E-state index is 12.6. The summed E-state index contributed by atoms with van der Waals surface area (Å²) in [5, 5.41) is 12.2. The number of ether oxygens (including phenoxy) is 1. The van der Waals surface area contributed by atoms with E-state index in [0.717, 1.165) is 29.9 Å². The molecule has 2 aliphatic heterocycles. The van der Waals surface area contributed by atoms with E-state index in [1.807, 2.05) is 37.3 Å². The van der Waals surface area contributed by atoms with Gasteiger partial charge in [0.25, 0.3) is 0 Å². The lowest BCUT2D eigenvalue weighted by molar-refractivity contribution is -0.141. The molecule has 128 valence electrons. The van der Waals surface area contributed by atoms with Crippen LogP contribution in [0.25, 0.3) is 0 Å². The Morgan fingerprint density at radius 1 is 1.42 bits per heavy atom. The highest BCUT2D eigenvalue weighted by Crippen LogP contribution is 2.30. The maximum Gasteiger partial charge on any atom is 0.338 e. The summed E-state index contributed by atoms with van der Waals surface area (Å²) in [4.78, 5) is 19.1. The molecule has 0 saturated carbocycles. The van der Waals surface area contributed by atoms with Crippen molar-refractivity contribution < 1.29 is 14.6 Å². The number of amidine groups is 1. The molecule has 0 aliphatic carbocycles. The number of rotatable bonds is 5. The van der Waals surface area contributed by atoms with Crippen LogP contribution in [0, 0.1) is 0 Å². The summed E-state index contributed by atoms with van der Waals surface area (Å²) >= 11 is 0. The molecule has 6 nitrogen and oxygen atoms in total. The Bertz CT molecular complexity index is 655. The molecule has 0 radical (unpaired) electrons. The van der Waals surface area contributed by atoms with Crippen LogP contribution in [0.5, 0.6) is 0 Å². The first kappa shape index (κ1) is 16.5. The minimum absolute atomic E-state index is 0.00645. The van der Waals surface area contributed by atoms with Crippen LogP contribution in [-0.4, -0.2) is 47.7 Å². The second kappa shape index (κ2) is 7.49. The lowest BCUT2D eigenvalue weighted by Gasteiger charge is -2.34. The van der Waals surface area contributed by atoms with Crippen molar-refractivity contribution in [1.82, 2.24) is 10.2 Å². The molecule has 0 unspecified atom stereocenters. The van der Waals surface area contributed by atoms with E-state index in [-0.39, 0.29) is 25.2 Å². The van der Waals surface area contributed by atoms with Crippen LogP contribution in [0.4, 0.5) is 0 Å². The van der Waals surface area contributed by atoms with E-state index >= 15 is 0 Å². The van der Waals surface area contributed by atoms with Crippen molar-refractivity contribution in [3.63, 3.8) is 0 Å². The van der Waals surface area contributed by atoms with E-state index in [0.29, 0.717) is 18.8 Å². The predicted molar refractivity (Wildman–Crippen MR) is 91.2 cm³/mol. The molecule has 24 heavy (non-hydrogen) atoms. The molecule has 2 aliphatic rings. The fourth-order valence-electron chi connectivity index (χ4n) is 3.23. The molecule has 1 fully saturated rings. The van der Waals surface area contributed by atoms with Gasteiger partial charge in [-0.05, 0) is 18.9 Å². The first-order valence-electron chi connectivity index (χ1n) is 8.27. The van der Waals surface area contributed by atoms with Gasteiger partial charge in [-0.2, -0.15) is 0 Å². The molecule has 3 rings (SSSR count). The highest BCUT2D eigenvalue weighted by atomic mass is 16.5. The van der Waals surface area contributed by atoms with Gasteiger partial charge in [0.05, 0.1) is 31.4 Å². The lowest BCUT2D eigenvalue weighted by Crippen LogP contribution is -2.47. The van der Waals surface area contributed by atoms with E-state index in [1.165, 1.54) is 0 Å². The first-order chi connectivity index (χ1) is 11.7. The van der Waals surface area contributed by atoms with Gasteiger partial charge in [0.1, 0.15) is 12.4 Å². The quantitative estimate of drug-likeness (QED) is 0.799. The number of nitrogens with one attached hydrogen (secondary N) is 1. The summed E-state index contributed by atoms with van der Waals surface area (Å²) in [5.74, 6) is 0.671. The van der Waals surface area contributed by atoms with E-state index in [4.69, 9.17) is 9.84 Å². The number of aliphatic imine (C=N–C) groups is 1. The van der Waals surface area contributed by atoms with Crippen LogP contribution >= 0.6 is 0 Å². The number of fused-ring (bicyclic) bond motifs is 1. The van der Waals surface area contributed by atoms with Crippen molar-refractivity contribution >= 4 is 11.8 Å². The van der Waals surface area contributed by atoms with Crippen molar-refractivity contribution in [2.24, 2.45) is 4.99 Å². The SMILES string of the molecule is CC1=C(C(=O)OCc2ccccc2)[C@@H]2CCC(=NCCO)N2CN1. The fraction of sp³-hybridized carbons (Fsp3) is 0.444. The zero-order valence-electron chi connectivity index (χ0n) is 13.9. The summed E-state index contributed by atoms with van der Waals surface area (Å²) in [5.41, 5.74) is 2.53. The summed E-state index contributed by atoms with van der Waals surface area (Å²) < 4.78 is 5.52. The number of carbonyl (C=O) groups excluding carboxylic acids is 1. The molecule has 0 bridgehead atoms. The number of hydrogen-bond acceptors (Lipinski definition) is 5. The first-order valence-corrected chi connectivity index (χ1v) is 8.27. The Hall–Kier alpha value is -2.34. The Morgan fingerprint density at radius 2 is 2.21 bits per heavy atom. The Morgan fingerprint density at radius 3 is 2.96 bits per heavy atom. The van der Waals surface area contributed by atoms with Gasteiger partial charge in [-0.3, -0.25) is 4.99 Å². The highest BCUT2D eigenvalue weighted by molar-refractivity contribution is 5.94. The van der Waals surface area contributed by atoms with Crippen molar-refractivity contribution in [3.05, 3.63) is 47.2 Å². The molecule has 0 spiro atoms. The molecule has 6 heteroatoms. The second-order valence-corrected chi connectivity index (χ2v) is 5.98. The summed E-state index contributed by atoms with van der Waals surface area (Å²) in [6.45, 7) is 3.26. The Kier molecular flexibility index (Phi) is 5.15. The number of esters is 1. The monoisotopic (exact) mass is 329 g/mol. The number of allylic oxidation sites excluding steroid dienone is 1. The summed E-state index contributed by atoms with van der Waals surface area (Å²) in [6, 6.07) is 9.68. The molecular formula is C18H23N3O3. The normalized spacial score (nSPS) is 21.7. The van der Waals surface area contributed by atoms with Gasteiger partial charge in [0.2, 0.25) is 0 Å². The van der Waals surface area contributed by atoms with Gasteiger partial charge >= 0.3 is 5.97 Å². The van der Waals surface area contributed by atoms with Gasteiger partial charge in [-0.15, -0.1) is 0 Å². The van der Waals surface area contributed by atoms with Crippen molar-refractivity contribution in [1.29, 1.82) is 0 Å². The van der Waals surface area contributed by atoms with Crippen molar-refractivity contribution in [2.75, 3.05) is 19.8 Å². The predicted octanol–water partition coefficient (Wildman–Crippen LogP) is 1.42. The van der Waals surface area contributed by atoms with Crippen LogP contribution in [0.15, 0.2) is 46.6 Å². The summed E-state index contributed by atoms with van der Waals surface area (Å²) in [7, 11) is 0. The largest absolute Gasteiger partial charge is 0.457 e. The van der Waals surface area contributed by atoms with E-state index in [9.17, 15) is 4.79 Å². The van der Waals surface area contributed by atoms with E-state index in [1.54, 1.807) is 0 Å². The number of aliphatic hydroxyl groups is 1. The minimum atomic E-state index is -0.276. The third-order valence-electron chi connectivity index (χ3n) is 4.43. The molecular weight excluding hydrogens is 306 g/mol. The molecule has 1 saturated heterocycles. The van der Waals surface area contributed by atoms with Crippen molar-refractivity contribution in [2.45, 2.75) is 32.4 Å². The van der Waals surface area contributed by atoms with Gasteiger partial charge in [0.15, 0.2) is 0 Å². The van der Waals surface area contributed by atoms with Crippen LogP contribution < -0.4 is 5.32 Å². The second-order valence-electron chi connectivity index (χ2n) is 5.98. The van der Waals surface area contributed by atoms with Gasteiger partial charge in [0, 0.05) is 12.1 Å². The molecule has 1 atom stereocenters. The third-order valence-corrected chi connectivity index (χ3v) is 4.43. The van der Waals surface area contributed by atoms with Crippen LogP contribution in [-0.2, 0) is 16.1 Å². The Labute approximate surface area is 141 Å². The average Bonchev–Trinajstić information content (AvgIpc) is 3.01. The number of nitrogens with zero attached hydrogens (tertiary/aromatic N) is 2. The number of hydrogen-bond donors (Lipinski definition) is 2.